The molecule has 76 valence electrons. The van der Waals surface area contributed by atoms with Crippen molar-refractivity contribution >= 4 is 5.97 Å². The molecule has 0 fully saturated rings. The second-order valence-electron chi connectivity index (χ2n) is 2.63. The topological polar surface area (TPSA) is 35.5 Å². The molecule has 3 heteroatoms. The lowest BCUT2D eigenvalue weighted by atomic mass is 10.4. The molecule has 0 saturated heterocycles. The molecule has 0 spiro atoms. The van der Waals surface area contributed by atoms with Crippen LogP contribution in [-0.4, -0.2) is 25.8 Å². The van der Waals surface area contributed by atoms with E-state index in [9.17, 15) is 4.79 Å². The predicted molar refractivity (Wildman–Crippen MR) is 51.5 cm³/mol. The normalized spacial score (nSPS) is 10.6. The number of unbranched alkanes of at least 4 members (excludes halogenated alkanes) is 1. The number of allylic oxidation sites excluding steroid dienone is 1. The first kappa shape index (κ1) is 12.2. The highest BCUT2D eigenvalue weighted by Gasteiger charge is 1.94. The number of hydrogen-bond donors (Lipinski definition) is 0. The van der Waals surface area contributed by atoms with Gasteiger partial charge in [0.15, 0.2) is 0 Å². The van der Waals surface area contributed by atoms with Crippen LogP contribution in [0.1, 0.15) is 26.7 Å². The van der Waals surface area contributed by atoms with Crippen LogP contribution in [0.15, 0.2) is 12.2 Å². The van der Waals surface area contributed by atoms with Crippen molar-refractivity contribution in [1.82, 2.24) is 0 Å². The van der Waals surface area contributed by atoms with Gasteiger partial charge in [0.2, 0.25) is 0 Å². The SMILES string of the molecule is CC=CC(=O)OCCOCCCC. The molecule has 0 N–H and O–H groups in total. The van der Waals surface area contributed by atoms with Crippen molar-refractivity contribution < 1.29 is 14.3 Å². The molecule has 0 heterocycles. The largest absolute Gasteiger partial charge is 0.460 e. The monoisotopic (exact) mass is 186 g/mol. The fourth-order valence-electron chi connectivity index (χ4n) is 0.734. The third-order valence-electron chi connectivity index (χ3n) is 1.42. The van der Waals surface area contributed by atoms with E-state index < -0.39 is 0 Å². The molecule has 0 amide bonds. The van der Waals surface area contributed by atoms with Crippen LogP contribution in [0, 0.1) is 0 Å². The molecule has 13 heavy (non-hydrogen) atoms. The van der Waals surface area contributed by atoms with Gasteiger partial charge in [0.05, 0.1) is 6.61 Å². The minimum atomic E-state index is -0.304. The standard InChI is InChI=1S/C10H18O3/c1-3-5-7-12-8-9-13-10(11)6-4-2/h4,6H,3,5,7-9H2,1-2H3. The lowest BCUT2D eigenvalue weighted by Gasteiger charge is -2.03. The average molecular weight is 186 g/mol. The predicted octanol–water partition coefficient (Wildman–Crippen LogP) is 1.92. The van der Waals surface area contributed by atoms with Crippen molar-refractivity contribution in [2.24, 2.45) is 0 Å². The van der Waals surface area contributed by atoms with Gasteiger partial charge in [0.25, 0.3) is 0 Å². The molecule has 0 aliphatic rings. The molecular formula is C10H18O3. The fourth-order valence-corrected chi connectivity index (χ4v) is 0.734. The first-order chi connectivity index (χ1) is 6.31. The Bertz CT molecular complexity index is 152. The maximum atomic E-state index is 10.8. The van der Waals surface area contributed by atoms with E-state index in [-0.39, 0.29) is 5.97 Å². The van der Waals surface area contributed by atoms with E-state index in [2.05, 4.69) is 6.92 Å². The highest BCUT2D eigenvalue weighted by atomic mass is 16.6. The van der Waals surface area contributed by atoms with Gasteiger partial charge in [-0.1, -0.05) is 19.4 Å². The Morgan fingerprint density at radius 2 is 2.08 bits per heavy atom. The molecule has 3 nitrogen and oxygen atoms in total. The molecule has 0 unspecified atom stereocenters. The van der Waals surface area contributed by atoms with Crippen molar-refractivity contribution in [2.75, 3.05) is 19.8 Å². The van der Waals surface area contributed by atoms with Gasteiger partial charge in [-0.2, -0.15) is 0 Å². The Balaban J connectivity index is 3.11. The number of ether oxygens (including phenoxy) is 2. The molecule has 0 aromatic heterocycles. The molecule has 0 aromatic rings. The van der Waals surface area contributed by atoms with Crippen molar-refractivity contribution in [3.05, 3.63) is 12.2 Å². The maximum Gasteiger partial charge on any atom is 0.330 e. The van der Waals surface area contributed by atoms with Crippen LogP contribution < -0.4 is 0 Å². The van der Waals surface area contributed by atoms with Crippen molar-refractivity contribution in [3.8, 4) is 0 Å². The van der Waals surface area contributed by atoms with Crippen molar-refractivity contribution in [1.29, 1.82) is 0 Å². The Kier molecular flexibility index (Phi) is 8.67. The second-order valence-corrected chi connectivity index (χ2v) is 2.63. The van der Waals surface area contributed by atoms with Gasteiger partial charge in [-0.15, -0.1) is 0 Å². The molecule has 0 aromatic carbocycles. The van der Waals surface area contributed by atoms with E-state index in [1.807, 2.05) is 0 Å². The van der Waals surface area contributed by atoms with Gasteiger partial charge in [-0.25, -0.2) is 4.79 Å². The summed E-state index contributed by atoms with van der Waals surface area (Å²) < 4.78 is 10.0. The molecule has 0 saturated carbocycles. The van der Waals surface area contributed by atoms with E-state index in [0.717, 1.165) is 19.4 Å². The van der Waals surface area contributed by atoms with E-state index in [0.29, 0.717) is 13.2 Å². The first-order valence-corrected chi connectivity index (χ1v) is 4.68. The third kappa shape index (κ3) is 9.08. The van der Waals surface area contributed by atoms with Crippen molar-refractivity contribution in [2.45, 2.75) is 26.7 Å². The molecule has 0 radical (unpaired) electrons. The zero-order valence-corrected chi connectivity index (χ0v) is 8.41. The van der Waals surface area contributed by atoms with E-state index >= 15 is 0 Å². The third-order valence-corrected chi connectivity index (χ3v) is 1.42. The van der Waals surface area contributed by atoms with Crippen LogP contribution in [-0.2, 0) is 14.3 Å². The summed E-state index contributed by atoms with van der Waals surface area (Å²) in [5.41, 5.74) is 0. The van der Waals surface area contributed by atoms with Crippen LogP contribution >= 0.6 is 0 Å². The number of carbonyl (C=O) groups is 1. The van der Waals surface area contributed by atoms with E-state index in [1.54, 1.807) is 13.0 Å². The minimum Gasteiger partial charge on any atom is -0.460 e. The summed E-state index contributed by atoms with van der Waals surface area (Å²) in [4.78, 5) is 10.8. The average Bonchev–Trinajstić information content (AvgIpc) is 2.11. The van der Waals surface area contributed by atoms with E-state index in [4.69, 9.17) is 9.47 Å². The Labute approximate surface area is 79.7 Å². The van der Waals surface area contributed by atoms with Gasteiger partial charge in [0.1, 0.15) is 6.61 Å². The summed E-state index contributed by atoms with van der Waals surface area (Å²) in [6, 6.07) is 0. The Morgan fingerprint density at radius 1 is 1.31 bits per heavy atom. The summed E-state index contributed by atoms with van der Waals surface area (Å²) in [6.45, 7) is 5.46. The molecule has 0 aliphatic carbocycles. The molecule has 0 aliphatic heterocycles. The van der Waals surface area contributed by atoms with Gasteiger partial charge >= 0.3 is 5.97 Å². The summed E-state index contributed by atoms with van der Waals surface area (Å²) in [7, 11) is 0. The van der Waals surface area contributed by atoms with Gasteiger partial charge < -0.3 is 9.47 Å². The van der Waals surface area contributed by atoms with Crippen molar-refractivity contribution in [3.63, 3.8) is 0 Å². The highest BCUT2D eigenvalue weighted by molar-refractivity contribution is 5.81. The zero-order valence-electron chi connectivity index (χ0n) is 8.41. The highest BCUT2D eigenvalue weighted by Crippen LogP contribution is 1.88. The van der Waals surface area contributed by atoms with Gasteiger partial charge in [-0.05, 0) is 13.3 Å². The maximum absolute atomic E-state index is 10.8. The van der Waals surface area contributed by atoms with Crippen LogP contribution in [0.25, 0.3) is 0 Å². The Morgan fingerprint density at radius 3 is 2.69 bits per heavy atom. The second kappa shape index (κ2) is 9.26. The van der Waals surface area contributed by atoms with Crippen LogP contribution in [0.3, 0.4) is 0 Å². The molecule has 0 bridgehead atoms. The summed E-state index contributed by atoms with van der Waals surface area (Å²) in [6.07, 6.45) is 5.23. The van der Waals surface area contributed by atoms with Gasteiger partial charge in [0, 0.05) is 12.7 Å². The lowest BCUT2D eigenvalue weighted by molar-refractivity contribution is -0.139. The molecular weight excluding hydrogens is 168 g/mol. The van der Waals surface area contributed by atoms with E-state index in [1.165, 1.54) is 6.08 Å². The first-order valence-electron chi connectivity index (χ1n) is 4.68. The minimum absolute atomic E-state index is 0.304. The number of carbonyl (C=O) groups excluding carboxylic acids is 1. The van der Waals surface area contributed by atoms with Crippen LogP contribution in [0.4, 0.5) is 0 Å². The quantitative estimate of drug-likeness (QED) is 0.346. The number of hydrogen-bond acceptors (Lipinski definition) is 3. The summed E-state index contributed by atoms with van der Waals surface area (Å²) in [5.74, 6) is -0.304. The summed E-state index contributed by atoms with van der Waals surface area (Å²) >= 11 is 0. The zero-order chi connectivity index (χ0) is 9.94. The lowest BCUT2D eigenvalue weighted by Crippen LogP contribution is -2.08. The summed E-state index contributed by atoms with van der Waals surface area (Å²) in [5, 5.41) is 0. The van der Waals surface area contributed by atoms with Gasteiger partial charge in [-0.3, -0.25) is 0 Å². The fraction of sp³-hybridized carbons (Fsp3) is 0.700. The molecule has 0 atom stereocenters. The van der Waals surface area contributed by atoms with Crippen LogP contribution in [0.2, 0.25) is 0 Å². The number of esters is 1. The number of rotatable bonds is 7. The smallest absolute Gasteiger partial charge is 0.330 e. The van der Waals surface area contributed by atoms with Crippen LogP contribution in [0.5, 0.6) is 0 Å². The molecule has 0 rings (SSSR count). The Hall–Kier alpha value is -0.830.